The molecule has 1 rings (SSSR count). The Labute approximate surface area is 98.8 Å². The first-order valence-corrected chi connectivity index (χ1v) is 6.30. The van der Waals surface area contributed by atoms with Gasteiger partial charge in [0.1, 0.15) is 6.29 Å². The van der Waals surface area contributed by atoms with E-state index in [4.69, 9.17) is 5.11 Å². The van der Waals surface area contributed by atoms with E-state index in [1.807, 2.05) is 14.0 Å². The number of hydrogen-bond donors (Lipinski definition) is 1. The summed E-state index contributed by atoms with van der Waals surface area (Å²) < 4.78 is 0. The maximum absolute atomic E-state index is 11.3. The SMILES string of the molecule is CC1CCC(C=O)(CN(C)C(C)CO)CC1. The zero-order valence-electron chi connectivity index (χ0n) is 10.8. The van der Waals surface area contributed by atoms with E-state index in [1.54, 1.807) is 0 Å². The van der Waals surface area contributed by atoms with Crippen molar-refractivity contribution in [3.05, 3.63) is 0 Å². The van der Waals surface area contributed by atoms with Gasteiger partial charge in [0, 0.05) is 18.0 Å². The fourth-order valence-electron chi connectivity index (χ4n) is 2.44. The van der Waals surface area contributed by atoms with Gasteiger partial charge in [-0.15, -0.1) is 0 Å². The van der Waals surface area contributed by atoms with Crippen molar-refractivity contribution in [2.45, 2.75) is 45.6 Å². The van der Waals surface area contributed by atoms with Crippen LogP contribution in [0.2, 0.25) is 0 Å². The van der Waals surface area contributed by atoms with Gasteiger partial charge in [-0.2, -0.15) is 0 Å². The highest BCUT2D eigenvalue weighted by molar-refractivity contribution is 5.60. The molecule has 0 amide bonds. The molecular formula is C13H25NO2. The van der Waals surface area contributed by atoms with E-state index in [0.717, 1.165) is 44.4 Å². The Kier molecular flexibility index (Phi) is 4.93. The number of aliphatic hydroxyl groups excluding tert-OH is 1. The quantitative estimate of drug-likeness (QED) is 0.727. The Morgan fingerprint density at radius 3 is 2.50 bits per heavy atom. The lowest BCUT2D eigenvalue weighted by Gasteiger charge is -2.39. The van der Waals surface area contributed by atoms with E-state index >= 15 is 0 Å². The van der Waals surface area contributed by atoms with Gasteiger partial charge in [0.15, 0.2) is 0 Å². The summed E-state index contributed by atoms with van der Waals surface area (Å²) in [7, 11) is 1.99. The first-order chi connectivity index (χ1) is 7.53. The molecule has 0 aromatic heterocycles. The van der Waals surface area contributed by atoms with Gasteiger partial charge >= 0.3 is 0 Å². The lowest BCUT2D eigenvalue weighted by molar-refractivity contribution is -0.119. The average Bonchev–Trinajstić information content (AvgIpc) is 2.31. The van der Waals surface area contributed by atoms with E-state index in [0.29, 0.717) is 0 Å². The second-order valence-electron chi connectivity index (χ2n) is 5.61. The molecule has 0 bridgehead atoms. The minimum Gasteiger partial charge on any atom is -0.395 e. The van der Waals surface area contributed by atoms with Crippen LogP contribution in [0.25, 0.3) is 0 Å². The van der Waals surface area contributed by atoms with Crippen molar-refractivity contribution in [2.75, 3.05) is 20.2 Å². The first kappa shape index (κ1) is 13.7. The van der Waals surface area contributed by atoms with Crippen molar-refractivity contribution >= 4 is 6.29 Å². The average molecular weight is 227 g/mol. The molecule has 1 aliphatic rings. The van der Waals surface area contributed by atoms with E-state index in [1.165, 1.54) is 0 Å². The zero-order chi connectivity index (χ0) is 12.2. The molecule has 1 N–H and O–H groups in total. The standard InChI is InChI=1S/C13H25NO2/c1-11-4-6-13(10-16,7-5-11)9-14(3)12(2)8-15/h10-12,15H,4-9H2,1-3H3. The van der Waals surface area contributed by atoms with E-state index in [-0.39, 0.29) is 18.1 Å². The number of aliphatic hydroxyl groups is 1. The molecule has 1 fully saturated rings. The van der Waals surface area contributed by atoms with Crippen molar-refractivity contribution in [3.8, 4) is 0 Å². The van der Waals surface area contributed by atoms with Crippen LogP contribution < -0.4 is 0 Å². The molecule has 0 spiro atoms. The van der Waals surface area contributed by atoms with Gasteiger partial charge in [-0.1, -0.05) is 6.92 Å². The molecule has 0 radical (unpaired) electrons. The highest BCUT2D eigenvalue weighted by atomic mass is 16.3. The molecule has 1 saturated carbocycles. The number of carbonyl (C=O) groups excluding carboxylic acids is 1. The zero-order valence-corrected chi connectivity index (χ0v) is 10.8. The van der Waals surface area contributed by atoms with Crippen LogP contribution in [-0.2, 0) is 4.79 Å². The van der Waals surface area contributed by atoms with Gasteiger partial charge in [-0.3, -0.25) is 0 Å². The van der Waals surface area contributed by atoms with Gasteiger partial charge in [0.05, 0.1) is 6.61 Å². The minimum atomic E-state index is -0.162. The molecule has 0 aromatic rings. The highest BCUT2D eigenvalue weighted by Gasteiger charge is 2.35. The molecule has 3 nitrogen and oxygen atoms in total. The molecule has 16 heavy (non-hydrogen) atoms. The van der Waals surface area contributed by atoms with Crippen molar-refractivity contribution < 1.29 is 9.90 Å². The van der Waals surface area contributed by atoms with Crippen LogP contribution in [0.1, 0.15) is 39.5 Å². The molecule has 1 unspecified atom stereocenters. The van der Waals surface area contributed by atoms with Gasteiger partial charge in [-0.05, 0) is 45.6 Å². The lowest BCUT2D eigenvalue weighted by atomic mass is 9.71. The second kappa shape index (κ2) is 5.78. The topological polar surface area (TPSA) is 40.5 Å². The van der Waals surface area contributed by atoms with E-state index in [2.05, 4.69) is 11.8 Å². The number of nitrogens with zero attached hydrogens (tertiary/aromatic N) is 1. The van der Waals surface area contributed by atoms with E-state index < -0.39 is 0 Å². The highest BCUT2D eigenvalue weighted by Crippen LogP contribution is 2.37. The number of rotatable bonds is 5. The summed E-state index contributed by atoms with van der Waals surface area (Å²) in [6, 6.07) is 0.135. The first-order valence-electron chi connectivity index (χ1n) is 6.30. The third-order valence-corrected chi connectivity index (χ3v) is 4.10. The monoisotopic (exact) mass is 227 g/mol. The second-order valence-corrected chi connectivity index (χ2v) is 5.61. The molecule has 3 heteroatoms. The van der Waals surface area contributed by atoms with Gasteiger partial charge < -0.3 is 14.8 Å². The summed E-state index contributed by atoms with van der Waals surface area (Å²) in [5.74, 6) is 0.758. The fourth-order valence-corrected chi connectivity index (χ4v) is 2.44. The summed E-state index contributed by atoms with van der Waals surface area (Å²) in [6.07, 6.45) is 5.46. The lowest BCUT2D eigenvalue weighted by Crippen LogP contribution is -2.44. The molecule has 0 aliphatic heterocycles. The molecule has 0 heterocycles. The summed E-state index contributed by atoms with van der Waals surface area (Å²) in [6.45, 7) is 5.19. The van der Waals surface area contributed by atoms with Crippen LogP contribution in [-0.4, -0.2) is 42.5 Å². The Hall–Kier alpha value is -0.410. The minimum absolute atomic E-state index is 0.135. The number of likely N-dealkylation sites (N-methyl/N-ethyl adjacent to an activating group) is 1. The number of aldehydes is 1. The third-order valence-electron chi connectivity index (χ3n) is 4.10. The smallest absolute Gasteiger partial charge is 0.127 e. The molecular weight excluding hydrogens is 202 g/mol. The third kappa shape index (κ3) is 3.29. The Bertz CT molecular complexity index is 222. The van der Waals surface area contributed by atoms with Crippen LogP contribution >= 0.6 is 0 Å². The van der Waals surface area contributed by atoms with Crippen molar-refractivity contribution in [2.24, 2.45) is 11.3 Å². The summed E-state index contributed by atoms with van der Waals surface area (Å²) in [5, 5.41) is 9.10. The molecule has 0 aromatic carbocycles. The molecule has 94 valence electrons. The fraction of sp³-hybridized carbons (Fsp3) is 0.923. The van der Waals surface area contributed by atoms with Gasteiger partial charge in [0.25, 0.3) is 0 Å². The summed E-state index contributed by atoms with van der Waals surface area (Å²) in [4.78, 5) is 13.4. The van der Waals surface area contributed by atoms with Gasteiger partial charge in [-0.25, -0.2) is 0 Å². The normalized spacial score (nSPS) is 32.7. The molecule has 1 aliphatic carbocycles. The predicted octanol–water partition coefficient (Wildman–Crippen LogP) is 1.69. The number of hydrogen-bond acceptors (Lipinski definition) is 3. The molecule has 0 saturated heterocycles. The van der Waals surface area contributed by atoms with Crippen molar-refractivity contribution in [3.63, 3.8) is 0 Å². The number of carbonyl (C=O) groups is 1. The van der Waals surface area contributed by atoms with Gasteiger partial charge in [0.2, 0.25) is 0 Å². The van der Waals surface area contributed by atoms with E-state index in [9.17, 15) is 4.79 Å². The Morgan fingerprint density at radius 2 is 2.06 bits per heavy atom. The largest absolute Gasteiger partial charge is 0.395 e. The van der Waals surface area contributed by atoms with Crippen molar-refractivity contribution in [1.29, 1.82) is 0 Å². The maximum atomic E-state index is 11.3. The van der Waals surface area contributed by atoms with Crippen LogP contribution in [0.15, 0.2) is 0 Å². The van der Waals surface area contributed by atoms with Crippen LogP contribution in [0.5, 0.6) is 0 Å². The van der Waals surface area contributed by atoms with Crippen LogP contribution in [0.3, 0.4) is 0 Å². The maximum Gasteiger partial charge on any atom is 0.127 e. The van der Waals surface area contributed by atoms with Crippen molar-refractivity contribution in [1.82, 2.24) is 4.90 Å². The van der Waals surface area contributed by atoms with Crippen LogP contribution in [0, 0.1) is 11.3 Å². The predicted molar refractivity (Wildman–Crippen MR) is 65.3 cm³/mol. The van der Waals surface area contributed by atoms with Crippen LogP contribution in [0.4, 0.5) is 0 Å². The summed E-state index contributed by atoms with van der Waals surface area (Å²) in [5.41, 5.74) is -0.162. The Balaban J connectivity index is 2.57. The molecule has 1 atom stereocenters. The summed E-state index contributed by atoms with van der Waals surface area (Å²) >= 11 is 0. The Morgan fingerprint density at radius 1 is 1.50 bits per heavy atom.